The van der Waals surface area contributed by atoms with Gasteiger partial charge in [-0.1, -0.05) is 18.2 Å². The highest BCUT2D eigenvalue weighted by Gasteiger charge is 2.15. The van der Waals surface area contributed by atoms with Crippen molar-refractivity contribution in [1.82, 2.24) is 4.98 Å². The normalized spacial score (nSPS) is 11.9. The smallest absolute Gasteiger partial charge is 0.288 e. The fourth-order valence-corrected chi connectivity index (χ4v) is 2.19. The summed E-state index contributed by atoms with van der Waals surface area (Å²) < 4.78 is 14.1. The zero-order valence-corrected chi connectivity index (χ0v) is 12.1. The van der Waals surface area contributed by atoms with Crippen molar-refractivity contribution in [2.45, 2.75) is 13.0 Å². The fraction of sp³-hybridized carbons (Fsp3) is 0.154. The van der Waals surface area contributed by atoms with E-state index < -0.39 is 4.92 Å². The standard InChI is InChI=1S/C13H11BrFN3O2/c1-8(10-4-2-3-5-12(10)15)17-13-11(14)6-9(7-16-13)18(19)20/h2-8H,1H3,(H,16,17). The van der Waals surface area contributed by atoms with Gasteiger partial charge in [0.25, 0.3) is 5.69 Å². The number of aromatic nitrogens is 1. The molecule has 0 spiro atoms. The molecule has 0 radical (unpaired) electrons. The Morgan fingerprint density at radius 2 is 2.15 bits per heavy atom. The van der Waals surface area contributed by atoms with Gasteiger partial charge in [0, 0.05) is 11.6 Å². The Kier molecular flexibility index (Phi) is 4.29. The molecule has 2 aromatic rings. The minimum Gasteiger partial charge on any atom is -0.362 e. The van der Waals surface area contributed by atoms with Crippen LogP contribution in [0.3, 0.4) is 0 Å². The monoisotopic (exact) mass is 339 g/mol. The summed E-state index contributed by atoms with van der Waals surface area (Å²) in [5, 5.41) is 13.6. The molecular formula is C13H11BrFN3O2. The third-order valence-corrected chi connectivity index (χ3v) is 3.37. The fourth-order valence-electron chi connectivity index (χ4n) is 1.74. The van der Waals surface area contributed by atoms with Crippen molar-refractivity contribution in [1.29, 1.82) is 0 Å². The van der Waals surface area contributed by atoms with Crippen LogP contribution in [0, 0.1) is 15.9 Å². The van der Waals surface area contributed by atoms with E-state index in [4.69, 9.17) is 0 Å². The number of rotatable bonds is 4. The van der Waals surface area contributed by atoms with Gasteiger partial charge in [0.1, 0.15) is 17.8 Å². The van der Waals surface area contributed by atoms with Gasteiger partial charge < -0.3 is 5.32 Å². The molecule has 1 atom stereocenters. The lowest BCUT2D eigenvalue weighted by atomic mass is 10.1. The van der Waals surface area contributed by atoms with Gasteiger partial charge in [0.15, 0.2) is 0 Å². The number of nitro groups is 1. The van der Waals surface area contributed by atoms with Crippen molar-refractivity contribution in [3.63, 3.8) is 0 Å². The average molecular weight is 340 g/mol. The van der Waals surface area contributed by atoms with E-state index in [1.54, 1.807) is 25.1 Å². The van der Waals surface area contributed by atoms with Crippen LogP contribution in [0.2, 0.25) is 0 Å². The summed E-state index contributed by atoms with van der Waals surface area (Å²) in [5.74, 6) is 0.108. The molecule has 7 heteroatoms. The molecule has 0 aliphatic carbocycles. The van der Waals surface area contributed by atoms with Crippen LogP contribution < -0.4 is 5.32 Å². The maximum atomic E-state index is 13.7. The van der Waals surface area contributed by atoms with Gasteiger partial charge >= 0.3 is 0 Å². The molecule has 20 heavy (non-hydrogen) atoms. The molecule has 0 amide bonds. The topological polar surface area (TPSA) is 68.1 Å². The zero-order chi connectivity index (χ0) is 14.7. The van der Waals surface area contributed by atoms with E-state index in [0.717, 1.165) is 6.20 Å². The molecule has 0 saturated heterocycles. The van der Waals surface area contributed by atoms with Crippen molar-refractivity contribution in [2.75, 3.05) is 5.32 Å². The molecule has 0 fully saturated rings. The van der Waals surface area contributed by atoms with Crippen molar-refractivity contribution in [3.05, 3.63) is 62.5 Å². The first-order chi connectivity index (χ1) is 9.49. The summed E-state index contributed by atoms with van der Waals surface area (Å²) >= 11 is 3.21. The van der Waals surface area contributed by atoms with E-state index in [1.807, 2.05) is 0 Å². The molecule has 0 bridgehead atoms. The Morgan fingerprint density at radius 1 is 1.45 bits per heavy atom. The molecule has 0 aliphatic heterocycles. The quantitative estimate of drug-likeness (QED) is 0.673. The molecule has 1 N–H and O–H groups in total. The predicted octanol–water partition coefficient (Wildman–Crippen LogP) is 4.06. The Bertz CT molecular complexity index is 651. The van der Waals surface area contributed by atoms with Crippen LogP contribution >= 0.6 is 15.9 Å². The zero-order valence-electron chi connectivity index (χ0n) is 10.5. The molecule has 2 rings (SSSR count). The second kappa shape index (κ2) is 5.96. The number of nitrogens with one attached hydrogen (secondary N) is 1. The lowest BCUT2D eigenvalue weighted by Gasteiger charge is -2.16. The van der Waals surface area contributed by atoms with Gasteiger partial charge in [-0.25, -0.2) is 9.37 Å². The molecular weight excluding hydrogens is 329 g/mol. The SMILES string of the molecule is CC(Nc1ncc([N+](=O)[O-])cc1Br)c1ccccc1F. The number of nitrogens with zero attached hydrogens (tertiary/aromatic N) is 2. The molecule has 1 aromatic carbocycles. The Labute approximate surface area is 123 Å². The lowest BCUT2D eigenvalue weighted by molar-refractivity contribution is -0.385. The second-order valence-electron chi connectivity index (χ2n) is 4.17. The Balaban J connectivity index is 2.22. The third-order valence-electron chi connectivity index (χ3n) is 2.76. The van der Waals surface area contributed by atoms with Gasteiger partial charge in [-0.15, -0.1) is 0 Å². The molecule has 1 heterocycles. The van der Waals surface area contributed by atoms with E-state index >= 15 is 0 Å². The van der Waals surface area contributed by atoms with Crippen molar-refractivity contribution in [2.24, 2.45) is 0 Å². The maximum Gasteiger partial charge on any atom is 0.288 e. The molecule has 0 aliphatic rings. The van der Waals surface area contributed by atoms with Gasteiger partial charge in [-0.05, 0) is 28.9 Å². The summed E-state index contributed by atoms with van der Waals surface area (Å²) in [6.07, 6.45) is 1.15. The number of benzene rings is 1. The van der Waals surface area contributed by atoms with E-state index in [1.165, 1.54) is 12.1 Å². The summed E-state index contributed by atoms with van der Waals surface area (Å²) in [6, 6.07) is 7.45. The Hall–Kier alpha value is -2.02. The van der Waals surface area contributed by atoms with Gasteiger partial charge in [0.05, 0.1) is 15.4 Å². The van der Waals surface area contributed by atoms with Crippen LogP contribution in [0.25, 0.3) is 0 Å². The highest BCUT2D eigenvalue weighted by atomic mass is 79.9. The molecule has 104 valence electrons. The van der Waals surface area contributed by atoms with Crippen LogP contribution in [0.4, 0.5) is 15.9 Å². The predicted molar refractivity (Wildman–Crippen MR) is 77.0 cm³/mol. The highest BCUT2D eigenvalue weighted by molar-refractivity contribution is 9.10. The first-order valence-corrected chi connectivity index (χ1v) is 6.59. The number of anilines is 1. The largest absolute Gasteiger partial charge is 0.362 e. The van der Waals surface area contributed by atoms with Crippen LogP contribution in [0.1, 0.15) is 18.5 Å². The summed E-state index contributed by atoms with van der Waals surface area (Å²) in [6.45, 7) is 1.79. The van der Waals surface area contributed by atoms with E-state index in [0.29, 0.717) is 15.9 Å². The van der Waals surface area contributed by atoms with E-state index in [9.17, 15) is 14.5 Å². The Morgan fingerprint density at radius 3 is 2.75 bits per heavy atom. The van der Waals surface area contributed by atoms with E-state index in [-0.39, 0.29) is 17.5 Å². The van der Waals surface area contributed by atoms with Gasteiger partial charge in [0.2, 0.25) is 0 Å². The lowest BCUT2D eigenvalue weighted by Crippen LogP contribution is -2.10. The van der Waals surface area contributed by atoms with Crippen LogP contribution in [-0.2, 0) is 0 Å². The van der Waals surface area contributed by atoms with Crippen molar-refractivity contribution in [3.8, 4) is 0 Å². The highest BCUT2D eigenvalue weighted by Crippen LogP contribution is 2.28. The first-order valence-electron chi connectivity index (χ1n) is 5.80. The molecule has 1 unspecified atom stereocenters. The molecule has 1 aromatic heterocycles. The second-order valence-corrected chi connectivity index (χ2v) is 5.02. The summed E-state index contributed by atoms with van der Waals surface area (Å²) in [5.41, 5.74) is 0.389. The van der Waals surface area contributed by atoms with Gasteiger partial charge in [-0.2, -0.15) is 0 Å². The third kappa shape index (κ3) is 3.11. The molecule has 0 saturated carbocycles. The van der Waals surface area contributed by atoms with Crippen LogP contribution in [0.15, 0.2) is 41.0 Å². The first kappa shape index (κ1) is 14.4. The van der Waals surface area contributed by atoms with Crippen molar-refractivity contribution < 1.29 is 9.31 Å². The number of halogens is 2. The van der Waals surface area contributed by atoms with Gasteiger partial charge in [-0.3, -0.25) is 10.1 Å². The maximum absolute atomic E-state index is 13.7. The summed E-state index contributed by atoms with van der Waals surface area (Å²) in [7, 11) is 0. The minimum absolute atomic E-state index is 0.110. The number of hydrogen-bond donors (Lipinski definition) is 1. The average Bonchev–Trinajstić information content (AvgIpc) is 2.41. The number of hydrogen-bond acceptors (Lipinski definition) is 4. The van der Waals surface area contributed by atoms with Crippen LogP contribution in [-0.4, -0.2) is 9.91 Å². The minimum atomic E-state index is -0.526. The number of pyridine rings is 1. The van der Waals surface area contributed by atoms with E-state index in [2.05, 4.69) is 26.2 Å². The summed E-state index contributed by atoms with van der Waals surface area (Å²) in [4.78, 5) is 14.1. The van der Waals surface area contributed by atoms with Crippen molar-refractivity contribution >= 4 is 27.4 Å². The van der Waals surface area contributed by atoms with Crippen LogP contribution in [0.5, 0.6) is 0 Å². The molecule has 5 nitrogen and oxygen atoms in total.